The molecule has 3 saturated heterocycles. The molecule has 45 heavy (non-hydrogen) atoms. The summed E-state index contributed by atoms with van der Waals surface area (Å²) in [6, 6.07) is 15.7. The summed E-state index contributed by atoms with van der Waals surface area (Å²) in [4.78, 5) is 48.9. The molecule has 240 valence electrons. The summed E-state index contributed by atoms with van der Waals surface area (Å²) < 4.78 is 12.2. The van der Waals surface area contributed by atoms with Crippen molar-refractivity contribution in [2.45, 2.75) is 62.7 Å². The Balaban J connectivity index is 1.55. The van der Waals surface area contributed by atoms with Gasteiger partial charge in [0.05, 0.1) is 24.5 Å². The van der Waals surface area contributed by atoms with Crippen LogP contribution < -0.4 is 14.5 Å². The van der Waals surface area contributed by atoms with Gasteiger partial charge in [-0.15, -0.1) is 13.2 Å². The molecule has 2 aromatic carbocycles. The number of anilines is 2. The molecule has 9 heteroatoms. The average Bonchev–Trinajstić information content (AvgIpc) is 3.62. The van der Waals surface area contributed by atoms with Gasteiger partial charge in [0.25, 0.3) is 5.91 Å². The van der Waals surface area contributed by atoms with Crippen molar-refractivity contribution in [2.24, 2.45) is 11.8 Å². The Morgan fingerprint density at radius 3 is 2.20 bits per heavy atom. The largest absolute Gasteiger partial charge is 0.497 e. The summed E-state index contributed by atoms with van der Waals surface area (Å²) in [5.41, 5.74) is -0.667. The highest BCUT2D eigenvalue weighted by Gasteiger charge is 2.78. The van der Waals surface area contributed by atoms with E-state index in [0.29, 0.717) is 43.7 Å². The minimum absolute atomic E-state index is 0.117. The zero-order valence-corrected chi connectivity index (χ0v) is 26.4. The van der Waals surface area contributed by atoms with Crippen LogP contribution in [-0.4, -0.2) is 78.3 Å². The molecule has 3 amide bonds. The van der Waals surface area contributed by atoms with E-state index in [0.717, 1.165) is 18.5 Å². The minimum atomic E-state index is -1.14. The standard InChI is InChI=1S/C36H45N3O6/c1-5-22-37(26-14-10-9-11-15-26)32(41)29-30-33(42)39(24-12-7-8-13-25-40)31(36(30)21-20-35(29,3)45-36)34(43)38(23-6-2)27-16-18-28(44-4)19-17-27/h5-6,9-11,14-19,29-31,40H,1-2,7-8,12-13,20-25H2,3-4H3/t29-,30+,31?,35+,36?/m1/s1. The number of aliphatic hydroxyl groups excluding tert-OH is 1. The molecular formula is C36H45N3O6. The fourth-order valence-electron chi connectivity index (χ4n) is 7.66. The number of ether oxygens (including phenoxy) is 2. The Morgan fingerprint density at radius 2 is 1.58 bits per heavy atom. The third-order valence-corrected chi connectivity index (χ3v) is 9.69. The Labute approximate surface area is 266 Å². The second-order valence-electron chi connectivity index (χ2n) is 12.4. The molecule has 3 aliphatic rings. The number of fused-ring (bicyclic) bond motifs is 1. The number of likely N-dealkylation sites (tertiary alicyclic amines) is 1. The van der Waals surface area contributed by atoms with Gasteiger partial charge in [0.2, 0.25) is 11.8 Å². The van der Waals surface area contributed by atoms with E-state index in [1.807, 2.05) is 49.4 Å². The average molecular weight is 616 g/mol. The maximum atomic E-state index is 14.8. The van der Waals surface area contributed by atoms with Crippen LogP contribution in [0, 0.1) is 11.8 Å². The summed E-state index contributed by atoms with van der Waals surface area (Å²) in [5.74, 6) is -1.56. The summed E-state index contributed by atoms with van der Waals surface area (Å²) in [5, 5.41) is 9.25. The Morgan fingerprint density at radius 1 is 0.956 bits per heavy atom. The molecule has 1 N–H and O–H groups in total. The van der Waals surface area contributed by atoms with Crippen LogP contribution in [0.25, 0.3) is 0 Å². The second kappa shape index (κ2) is 13.6. The Hall–Kier alpha value is -3.95. The molecule has 3 fully saturated rings. The lowest BCUT2D eigenvalue weighted by Gasteiger charge is -2.37. The van der Waals surface area contributed by atoms with Crippen LogP contribution in [0.4, 0.5) is 11.4 Å². The fourth-order valence-corrected chi connectivity index (χ4v) is 7.66. The number of aliphatic hydroxyl groups is 1. The third-order valence-electron chi connectivity index (χ3n) is 9.69. The number of rotatable bonds is 15. The van der Waals surface area contributed by atoms with Crippen molar-refractivity contribution >= 4 is 29.1 Å². The van der Waals surface area contributed by atoms with E-state index in [1.54, 1.807) is 46.1 Å². The molecule has 1 spiro atoms. The number of methoxy groups -OCH3 is 1. The van der Waals surface area contributed by atoms with E-state index in [1.165, 1.54) is 0 Å². The molecule has 2 aromatic rings. The number of carbonyl (C=O) groups is 3. The van der Waals surface area contributed by atoms with E-state index in [4.69, 9.17) is 9.47 Å². The fraction of sp³-hybridized carbons (Fsp3) is 0.472. The van der Waals surface area contributed by atoms with E-state index in [9.17, 15) is 19.5 Å². The van der Waals surface area contributed by atoms with E-state index in [-0.39, 0.29) is 37.4 Å². The predicted molar refractivity (Wildman–Crippen MR) is 174 cm³/mol. The number of carbonyl (C=O) groups excluding carboxylic acids is 3. The predicted octanol–water partition coefficient (Wildman–Crippen LogP) is 4.75. The molecule has 3 aliphatic heterocycles. The van der Waals surface area contributed by atoms with E-state index < -0.39 is 29.1 Å². The maximum Gasteiger partial charge on any atom is 0.253 e. The van der Waals surface area contributed by atoms with Crippen molar-refractivity contribution in [3.63, 3.8) is 0 Å². The molecule has 2 bridgehead atoms. The number of unbranched alkanes of at least 4 members (excludes halogenated alkanes) is 3. The smallest absolute Gasteiger partial charge is 0.253 e. The van der Waals surface area contributed by atoms with Crippen LogP contribution in [0.5, 0.6) is 5.75 Å². The summed E-state index contributed by atoms with van der Waals surface area (Å²) in [6.07, 6.45) is 7.39. The number of hydrogen-bond donors (Lipinski definition) is 1. The molecular weight excluding hydrogens is 570 g/mol. The molecule has 3 heterocycles. The number of benzene rings is 2. The normalized spacial score (nSPS) is 26.4. The van der Waals surface area contributed by atoms with Gasteiger partial charge in [0.1, 0.15) is 17.4 Å². The van der Waals surface area contributed by atoms with Gasteiger partial charge < -0.3 is 29.3 Å². The topological polar surface area (TPSA) is 99.6 Å². The van der Waals surface area contributed by atoms with Gasteiger partial charge in [-0.2, -0.15) is 0 Å². The highest BCUT2D eigenvalue weighted by atomic mass is 16.5. The molecule has 0 aliphatic carbocycles. The van der Waals surface area contributed by atoms with Crippen LogP contribution in [0.15, 0.2) is 79.9 Å². The second-order valence-corrected chi connectivity index (χ2v) is 12.4. The molecule has 0 aromatic heterocycles. The Kier molecular flexibility index (Phi) is 9.79. The quantitative estimate of drug-likeness (QED) is 0.229. The summed E-state index contributed by atoms with van der Waals surface area (Å²) in [7, 11) is 1.59. The molecule has 9 nitrogen and oxygen atoms in total. The maximum absolute atomic E-state index is 14.8. The third kappa shape index (κ3) is 5.79. The number of para-hydroxylation sites is 1. The minimum Gasteiger partial charge on any atom is -0.497 e. The highest BCUT2D eigenvalue weighted by Crippen LogP contribution is 2.63. The van der Waals surface area contributed by atoms with Crippen molar-refractivity contribution in [3.05, 3.63) is 79.9 Å². The molecule has 5 rings (SSSR count). The van der Waals surface area contributed by atoms with Gasteiger partial charge in [0, 0.05) is 37.6 Å². The van der Waals surface area contributed by atoms with E-state index in [2.05, 4.69) is 13.2 Å². The molecule has 2 unspecified atom stereocenters. The van der Waals surface area contributed by atoms with Crippen LogP contribution in [0.3, 0.4) is 0 Å². The lowest BCUT2D eigenvalue weighted by molar-refractivity contribution is -0.144. The van der Waals surface area contributed by atoms with Crippen LogP contribution >= 0.6 is 0 Å². The first kappa shape index (κ1) is 32.4. The summed E-state index contributed by atoms with van der Waals surface area (Å²) in [6.45, 7) is 10.7. The van der Waals surface area contributed by atoms with Crippen LogP contribution in [0.1, 0.15) is 45.4 Å². The number of hydrogen-bond acceptors (Lipinski definition) is 6. The highest BCUT2D eigenvalue weighted by molar-refractivity contribution is 6.06. The van der Waals surface area contributed by atoms with Crippen molar-refractivity contribution in [2.75, 3.05) is 43.2 Å². The Bertz CT molecular complexity index is 1400. The van der Waals surface area contributed by atoms with Crippen LogP contribution in [0.2, 0.25) is 0 Å². The first-order valence-corrected chi connectivity index (χ1v) is 15.9. The van der Waals surface area contributed by atoms with Gasteiger partial charge >= 0.3 is 0 Å². The molecule has 0 saturated carbocycles. The van der Waals surface area contributed by atoms with Gasteiger partial charge in [0.15, 0.2) is 0 Å². The number of amides is 3. The van der Waals surface area contributed by atoms with Gasteiger partial charge in [-0.3, -0.25) is 14.4 Å². The van der Waals surface area contributed by atoms with Gasteiger partial charge in [-0.05, 0) is 69.0 Å². The summed E-state index contributed by atoms with van der Waals surface area (Å²) >= 11 is 0. The van der Waals surface area contributed by atoms with Gasteiger partial charge in [-0.1, -0.05) is 43.2 Å². The van der Waals surface area contributed by atoms with Gasteiger partial charge in [-0.25, -0.2) is 0 Å². The lowest BCUT2D eigenvalue weighted by Crippen LogP contribution is -2.56. The van der Waals surface area contributed by atoms with Crippen molar-refractivity contribution in [1.82, 2.24) is 4.90 Å². The first-order valence-electron chi connectivity index (χ1n) is 15.9. The van der Waals surface area contributed by atoms with Crippen LogP contribution in [-0.2, 0) is 19.1 Å². The first-order chi connectivity index (χ1) is 21.8. The zero-order valence-electron chi connectivity index (χ0n) is 26.4. The van der Waals surface area contributed by atoms with E-state index >= 15 is 0 Å². The van der Waals surface area contributed by atoms with Crippen molar-refractivity contribution in [3.8, 4) is 5.75 Å². The van der Waals surface area contributed by atoms with Crippen molar-refractivity contribution < 1.29 is 29.0 Å². The molecule has 5 atom stereocenters. The number of nitrogens with zero attached hydrogens (tertiary/aromatic N) is 3. The molecule has 0 radical (unpaired) electrons. The van der Waals surface area contributed by atoms with Crippen molar-refractivity contribution in [1.29, 1.82) is 0 Å². The zero-order chi connectivity index (χ0) is 32.2. The SMILES string of the molecule is C=CCN(C(=O)C1N(CCCCCCO)C(=O)[C@@H]2[C@H](C(=O)N(CC=C)c3ccccc3)[C@]3(C)CCC12O3)c1ccc(OC)cc1. The lowest BCUT2D eigenvalue weighted by atomic mass is 9.66. The monoisotopic (exact) mass is 615 g/mol.